The predicted octanol–water partition coefficient (Wildman–Crippen LogP) is 12.2. The molecule has 0 radical (unpaired) electrons. The number of rotatable bonds is 6. The first kappa shape index (κ1) is 22.8. The molecule has 0 fully saturated rings. The van der Waals surface area contributed by atoms with Gasteiger partial charge in [0.1, 0.15) is 0 Å². The molecule has 1 aromatic heterocycles. The van der Waals surface area contributed by atoms with E-state index < -0.39 is 42.3 Å². The van der Waals surface area contributed by atoms with Gasteiger partial charge in [-0.25, -0.2) is 15.0 Å². The van der Waals surface area contributed by atoms with Crippen LogP contribution in [0.3, 0.4) is 0 Å². The molecule has 9 rings (SSSR count). The fraction of sp³-hybridized carbons (Fsp3) is 0. The van der Waals surface area contributed by atoms with Crippen LogP contribution >= 0.6 is 0 Å². The summed E-state index contributed by atoms with van der Waals surface area (Å²) in [6.07, 6.45) is 0. The molecule has 0 spiro atoms. The molecule has 0 bridgehead atoms. The Hall–Kier alpha value is -6.71. The Morgan fingerprint density at radius 2 is 0.780 bits per heavy atom. The molecule has 3 nitrogen and oxygen atoms in total. The summed E-state index contributed by atoms with van der Waals surface area (Å²) in [7, 11) is 0. The molecule has 0 amide bonds. The minimum atomic E-state index is -0.527. The highest BCUT2D eigenvalue weighted by Crippen LogP contribution is 2.33. The summed E-state index contributed by atoms with van der Waals surface area (Å²) in [5.41, 5.74) is 7.36. The van der Waals surface area contributed by atoms with Gasteiger partial charge in [0, 0.05) is 16.7 Å². The average molecular weight is 645 g/mol. The Morgan fingerprint density at radius 3 is 1.40 bits per heavy atom. The quantitative estimate of drug-likeness (QED) is 0.181. The Labute approximate surface area is 301 Å². The summed E-state index contributed by atoms with van der Waals surface area (Å²) < 4.78 is 60.7. The summed E-state index contributed by atoms with van der Waals surface area (Å²) in [6, 6.07) is 45.1. The molecule has 1 heterocycles. The van der Waals surface area contributed by atoms with Crippen LogP contribution in [0.15, 0.2) is 188 Å². The number of benzene rings is 8. The molecule has 8 aromatic carbocycles. The number of hydrogen-bond donors (Lipinski definition) is 0. The van der Waals surface area contributed by atoms with Gasteiger partial charge in [-0.15, -0.1) is 0 Å². The van der Waals surface area contributed by atoms with Crippen molar-refractivity contribution in [3.8, 4) is 67.5 Å². The molecule has 0 atom stereocenters. The van der Waals surface area contributed by atoms with Gasteiger partial charge in [-0.1, -0.05) is 164 Å². The van der Waals surface area contributed by atoms with E-state index in [9.17, 15) is 0 Å². The van der Waals surface area contributed by atoms with Crippen LogP contribution in [0, 0.1) is 0 Å². The lowest BCUT2D eigenvalue weighted by molar-refractivity contribution is 1.08. The Bertz CT molecular complexity index is 3040. The largest absolute Gasteiger partial charge is 0.208 e. The van der Waals surface area contributed by atoms with Gasteiger partial charge in [0.25, 0.3) is 0 Å². The lowest BCUT2D eigenvalue weighted by atomic mass is 9.97. The molecule has 9 aromatic rings. The Kier molecular flexibility index (Phi) is 5.80. The second kappa shape index (κ2) is 12.7. The maximum atomic E-state index is 9.06. The van der Waals surface area contributed by atoms with Crippen molar-refractivity contribution in [3.05, 3.63) is 188 Å². The van der Waals surface area contributed by atoms with Crippen molar-refractivity contribution in [2.24, 2.45) is 0 Å². The zero-order valence-corrected chi connectivity index (χ0v) is 26.7. The van der Waals surface area contributed by atoms with E-state index in [1.807, 2.05) is 97.1 Å². The first-order chi connectivity index (χ1) is 27.7. The van der Waals surface area contributed by atoms with Crippen LogP contribution in [0.4, 0.5) is 0 Å². The van der Waals surface area contributed by atoms with Gasteiger partial charge in [0.05, 0.1) is 9.60 Å². The van der Waals surface area contributed by atoms with E-state index >= 15 is 0 Å². The highest BCUT2D eigenvalue weighted by Gasteiger charge is 2.15. The third-order valence-corrected chi connectivity index (χ3v) is 8.80. The molecular weight excluding hydrogens is 607 g/mol. The first-order valence-electron chi connectivity index (χ1n) is 19.8. The van der Waals surface area contributed by atoms with Crippen molar-refractivity contribution in [2.45, 2.75) is 0 Å². The zero-order chi connectivity index (χ0) is 39.4. The minimum Gasteiger partial charge on any atom is -0.208 e. The molecule has 50 heavy (non-hydrogen) atoms. The smallest absolute Gasteiger partial charge is 0.164 e. The zero-order valence-electron chi connectivity index (χ0n) is 33.7. The highest BCUT2D eigenvalue weighted by molar-refractivity contribution is 5.95. The third-order valence-electron chi connectivity index (χ3n) is 8.80. The molecule has 0 saturated carbocycles. The van der Waals surface area contributed by atoms with E-state index in [1.165, 1.54) is 0 Å². The third kappa shape index (κ3) is 5.72. The summed E-state index contributed by atoms with van der Waals surface area (Å²) in [6.45, 7) is 0. The van der Waals surface area contributed by atoms with Crippen LogP contribution in [0.1, 0.15) is 9.60 Å². The monoisotopic (exact) mass is 644 g/mol. The average Bonchev–Trinajstić information content (AvgIpc) is 3.26. The molecule has 0 aliphatic rings. The van der Waals surface area contributed by atoms with Crippen molar-refractivity contribution < 1.29 is 9.60 Å². The molecule has 234 valence electrons. The van der Waals surface area contributed by atoms with Crippen LogP contribution in [0.5, 0.6) is 0 Å². The molecule has 0 saturated heterocycles. The van der Waals surface area contributed by atoms with Gasteiger partial charge in [-0.3, -0.25) is 0 Å². The van der Waals surface area contributed by atoms with Gasteiger partial charge >= 0.3 is 0 Å². The molecule has 0 unspecified atom stereocenters. The number of hydrogen-bond acceptors (Lipinski definition) is 3. The fourth-order valence-corrected chi connectivity index (χ4v) is 6.27. The van der Waals surface area contributed by atoms with Crippen LogP contribution in [-0.2, 0) is 0 Å². The van der Waals surface area contributed by atoms with E-state index in [1.54, 1.807) is 0 Å². The van der Waals surface area contributed by atoms with E-state index in [0.29, 0.717) is 11.1 Å². The Morgan fingerprint density at radius 1 is 0.320 bits per heavy atom. The van der Waals surface area contributed by atoms with E-state index in [0.717, 1.165) is 44.2 Å². The maximum absolute atomic E-state index is 9.06. The van der Waals surface area contributed by atoms with Gasteiger partial charge in [-0.05, 0) is 79.2 Å². The second-order valence-electron chi connectivity index (χ2n) is 12.0. The molecule has 0 aliphatic heterocycles. The topological polar surface area (TPSA) is 38.7 Å². The van der Waals surface area contributed by atoms with Crippen molar-refractivity contribution in [3.63, 3.8) is 0 Å². The van der Waals surface area contributed by atoms with Crippen LogP contribution in [0.25, 0.3) is 89.1 Å². The van der Waals surface area contributed by atoms with Gasteiger partial charge < -0.3 is 0 Å². The predicted molar refractivity (Wildman–Crippen MR) is 207 cm³/mol. The minimum absolute atomic E-state index is 0.0426. The number of fused-ring (bicyclic) bond motifs is 2. The van der Waals surface area contributed by atoms with Crippen molar-refractivity contribution >= 4 is 21.5 Å². The van der Waals surface area contributed by atoms with Crippen molar-refractivity contribution in [2.75, 3.05) is 0 Å². The van der Waals surface area contributed by atoms with E-state index in [4.69, 9.17) is 24.5 Å². The summed E-state index contributed by atoms with van der Waals surface area (Å²) in [4.78, 5) is 14.7. The number of nitrogens with zero attached hydrogens (tertiary/aromatic N) is 3. The van der Waals surface area contributed by atoms with Crippen molar-refractivity contribution in [1.29, 1.82) is 0 Å². The molecule has 0 N–H and O–H groups in total. The molecular formula is C47H31N3. The van der Waals surface area contributed by atoms with Crippen molar-refractivity contribution in [1.82, 2.24) is 15.0 Å². The first-order valence-corrected chi connectivity index (χ1v) is 16.3. The maximum Gasteiger partial charge on any atom is 0.164 e. The van der Waals surface area contributed by atoms with E-state index in [-0.39, 0.29) is 33.8 Å². The standard InChI is InChI=1S/C47H31N3/c1-3-12-32(13-4-1)35-18-9-20-41(30-35)45-48-46(50-47(49-45)44-23-11-17-34-16-7-8-22-43(34)44)42-21-10-19-36(31-42)38-26-27-39-28-37(24-25-40(39)29-38)33-14-5-2-6-15-33/h1-31H/i7D,8D,11D,16D,17D,22D,23D. The lowest BCUT2D eigenvalue weighted by Gasteiger charge is -2.12. The summed E-state index contributed by atoms with van der Waals surface area (Å²) >= 11 is 0. The van der Waals surface area contributed by atoms with Crippen LogP contribution in [0.2, 0.25) is 0 Å². The normalized spacial score (nSPS) is 13.2. The molecule has 3 heteroatoms. The van der Waals surface area contributed by atoms with Gasteiger partial charge in [-0.2, -0.15) is 0 Å². The summed E-state index contributed by atoms with van der Waals surface area (Å²) in [5, 5.41) is 1.95. The van der Waals surface area contributed by atoms with Gasteiger partial charge in [0.15, 0.2) is 17.5 Å². The van der Waals surface area contributed by atoms with Gasteiger partial charge in [0.2, 0.25) is 0 Å². The van der Waals surface area contributed by atoms with E-state index in [2.05, 4.69) is 48.5 Å². The fourth-order valence-electron chi connectivity index (χ4n) is 6.27. The van der Waals surface area contributed by atoms with Crippen LogP contribution in [-0.4, -0.2) is 15.0 Å². The molecule has 0 aliphatic carbocycles. The Balaban J connectivity index is 1.23. The lowest BCUT2D eigenvalue weighted by Crippen LogP contribution is -2.01. The highest BCUT2D eigenvalue weighted by atomic mass is 15.0. The summed E-state index contributed by atoms with van der Waals surface area (Å²) in [5.74, 6) is 0.497. The second-order valence-corrected chi connectivity index (χ2v) is 12.0. The van der Waals surface area contributed by atoms with Crippen LogP contribution < -0.4 is 0 Å². The number of aromatic nitrogens is 3. The SMILES string of the molecule is [2H]c1c([2H])c([2H])c2c(-c3nc(-c4cccc(-c5ccccc5)c4)nc(-c4cccc(-c5ccc6cc(-c7ccccc7)ccc6c5)c4)n3)c([2H])c([2H])c([2H])c2c1[2H].